The van der Waals surface area contributed by atoms with Crippen molar-refractivity contribution in [1.82, 2.24) is 0 Å². The third kappa shape index (κ3) is 4.14. The molecule has 1 nitrogen and oxygen atoms in total. The zero-order chi connectivity index (χ0) is 12.1. The standard InChI is InChI=1S/C14H30O/c1-7-10-14(15,13(4,5)6)11-12(8-2)9-3/h12,15H,7-11H2,1-6H3. The maximum Gasteiger partial charge on any atom is 0.0698 e. The van der Waals surface area contributed by atoms with Crippen LogP contribution in [0.1, 0.15) is 73.6 Å². The topological polar surface area (TPSA) is 20.2 Å². The van der Waals surface area contributed by atoms with Crippen molar-refractivity contribution in [2.45, 2.75) is 79.2 Å². The number of hydrogen-bond acceptors (Lipinski definition) is 1. The molecule has 0 aromatic carbocycles. The van der Waals surface area contributed by atoms with E-state index in [0.717, 1.165) is 19.3 Å². The van der Waals surface area contributed by atoms with Gasteiger partial charge in [-0.25, -0.2) is 0 Å². The highest BCUT2D eigenvalue weighted by atomic mass is 16.3. The zero-order valence-electron chi connectivity index (χ0n) is 11.6. The molecular formula is C14H30O. The third-order valence-corrected chi connectivity index (χ3v) is 3.84. The molecule has 0 heterocycles. The number of aliphatic hydroxyl groups is 1. The third-order valence-electron chi connectivity index (χ3n) is 3.84. The van der Waals surface area contributed by atoms with Gasteiger partial charge in [-0.2, -0.15) is 0 Å². The van der Waals surface area contributed by atoms with Crippen molar-refractivity contribution in [1.29, 1.82) is 0 Å². The smallest absolute Gasteiger partial charge is 0.0698 e. The molecule has 15 heavy (non-hydrogen) atoms. The molecule has 0 spiro atoms. The summed E-state index contributed by atoms with van der Waals surface area (Å²) in [4.78, 5) is 0. The summed E-state index contributed by atoms with van der Waals surface area (Å²) in [6, 6.07) is 0. The van der Waals surface area contributed by atoms with Crippen LogP contribution in [0.2, 0.25) is 0 Å². The molecule has 1 unspecified atom stereocenters. The van der Waals surface area contributed by atoms with Crippen LogP contribution in [-0.4, -0.2) is 10.7 Å². The highest BCUT2D eigenvalue weighted by molar-refractivity contribution is 4.91. The molecule has 1 atom stereocenters. The Balaban J connectivity index is 4.64. The Morgan fingerprint density at radius 2 is 1.47 bits per heavy atom. The molecule has 1 N–H and O–H groups in total. The highest BCUT2D eigenvalue weighted by Crippen LogP contribution is 2.40. The highest BCUT2D eigenvalue weighted by Gasteiger charge is 2.39. The average Bonchev–Trinajstić information content (AvgIpc) is 2.13. The molecule has 0 saturated carbocycles. The summed E-state index contributed by atoms with van der Waals surface area (Å²) in [7, 11) is 0. The van der Waals surface area contributed by atoms with Crippen molar-refractivity contribution < 1.29 is 5.11 Å². The van der Waals surface area contributed by atoms with Gasteiger partial charge < -0.3 is 5.11 Å². The summed E-state index contributed by atoms with van der Waals surface area (Å²) in [5.74, 6) is 0.667. The molecule has 0 aliphatic rings. The minimum absolute atomic E-state index is 0.00833. The van der Waals surface area contributed by atoms with Crippen molar-refractivity contribution >= 4 is 0 Å². The quantitative estimate of drug-likeness (QED) is 0.695. The maximum atomic E-state index is 10.8. The summed E-state index contributed by atoms with van der Waals surface area (Å²) in [6.45, 7) is 13.1. The fourth-order valence-corrected chi connectivity index (χ4v) is 2.25. The van der Waals surface area contributed by atoms with Gasteiger partial charge in [-0.05, 0) is 24.2 Å². The summed E-state index contributed by atoms with van der Waals surface area (Å²) in [6.07, 6.45) is 5.30. The monoisotopic (exact) mass is 214 g/mol. The van der Waals surface area contributed by atoms with Crippen LogP contribution in [0.3, 0.4) is 0 Å². The molecule has 0 aliphatic carbocycles. The van der Waals surface area contributed by atoms with Crippen LogP contribution in [0.15, 0.2) is 0 Å². The molecule has 0 aromatic heterocycles. The molecule has 0 radical (unpaired) electrons. The van der Waals surface area contributed by atoms with Crippen LogP contribution < -0.4 is 0 Å². The molecule has 0 aliphatic heterocycles. The van der Waals surface area contributed by atoms with Crippen LogP contribution in [0.25, 0.3) is 0 Å². The van der Waals surface area contributed by atoms with Gasteiger partial charge in [0, 0.05) is 0 Å². The molecule has 0 saturated heterocycles. The second-order valence-electron chi connectivity index (χ2n) is 5.92. The summed E-state index contributed by atoms with van der Waals surface area (Å²) >= 11 is 0. The molecular weight excluding hydrogens is 184 g/mol. The number of hydrogen-bond donors (Lipinski definition) is 1. The lowest BCUT2D eigenvalue weighted by atomic mass is 9.69. The SMILES string of the molecule is CCCC(O)(CC(CC)CC)C(C)(C)C. The Morgan fingerprint density at radius 1 is 1.00 bits per heavy atom. The van der Waals surface area contributed by atoms with Crippen LogP contribution in [-0.2, 0) is 0 Å². The molecule has 0 aromatic rings. The van der Waals surface area contributed by atoms with Gasteiger partial charge in [-0.3, -0.25) is 0 Å². The van der Waals surface area contributed by atoms with E-state index in [1.54, 1.807) is 0 Å². The van der Waals surface area contributed by atoms with E-state index in [2.05, 4.69) is 41.5 Å². The normalized spacial score (nSPS) is 16.8. The van der Waals surface area contributed by atoms with Gasteiger partial charge in [0.05, 0.1) is 5.60 Å². The van der Waals surface area contributed by atoms with Gasteiger partial charge in [0.25, 0.3) is 0 Å². The summed E-state index contributed by atoms with van der Waals surface area (Å²) < 4.78 is 0. The van der Waals surface area contributed by atoms with E-state index in [-0.39, 0.29) is 5.41 Å². The molecule has 0 fully saturated rings. The molecule has 0 bridgehead atoms. The fraction of sp³-hybridized carbons (Fsp3) is 1.00. The van der Waals surface area contributed by atoms with Gasteiger partial charge in [-0.1, -0.05) is 60.8 Å². The van der Waals surface area contributed by atoms with Gasteiger partial charge in [-0.15, -0.1) is 0 Å². The lowest BCUT2D eigenvalue weighted by molar-refractivity contribution is -0.0831. The molecule has 92 valence electrons. The van der Waals surface area contributed by atoms with Crippen LogP contribution in [0.4, 0.5) is 0 Å². The van der Waals surface area contributed by atoms with E-state index in [1.165, 1.54) is 12.8 Å². The molecule has 1 heteroatoms. The Labute approximate surface area is 96.3 Å². The largest absolute Gasteiger partial charge is 0.389 e. The van der Waals surface area contributed by atoms with Crippen molar-refractivity contribution in [2.24, 2.45) is 11.3 Å². The minimum atomic E-state index is -0.488. The number of rotatable bonds is 6. The van der Waals surface area contributed by atoms with Gasteiger partial charge in [0.1, 0.15) is 0 Å². The van der Waals surface area contributed by atoms with Crippen molar-refractivity contribution in [3.8, 4) is 0 Å². The zero-order valence-corrected chi connectivity index (χ0v) is 11.6. The minimum Gasteiger partial charge on any atom is -0.389 e. The second kappa shape index (κ2) is 5.89. The van der Waals surface area contributed by atoms with Crippen LogP contribution in [0.5, 0.6) is 0 Å². The first-order valence-corrected chi connectivity index (χ1v) is 6.53. The Hall–Kier alpha value is -0.0400. The van der Waals surface area contributed by atoms with Gasteiger partial charge >= 0.3 is 0 Å². The predicted octanol–water partition coefficient (Wildman–Crippen LogP) is 4.39. The Kier molecular flexibility index (Phi) is 5.87. The first kappa shape index (κ1) is 15.0. The van der Waals surface area contributed by atoms with E-state index >= 15 is 0 Å². The first-order valence-electron chi connectivity index (χ1n) is 6.53. The maximum absolute atomic E-state index is 10.8. The molecule has 0 amide bonds. The molecule has 0 rings (SSSR count). The fourth-order valence-electron chi connectivity index (χ4n) is 2.25. The predicted molar refractivity (Wildman–Crippen MR) is 68.0 cm³/mol. The first-order chi connectivity index (χ1) is 6.80. The Bertz CT molecular complexity index is 165. The van der Waals surface area contributed by atoms with Crippen molar-refractivity contribution in [2.75, 3.05) is 0 Å². The van der Waals surface area contributed by atoms with E-state index in [9.17, 15) is 5.11 Å². The summed E-state index contributed by atoms with van der Waals surface area (Å²) in [5.41, 5.74) is -0.496. The van der Waals surface area contributed by atoms with Crippen LogP contribution in [0, 0.1) is 11.3 Å². The van der Waals surface area contributed by atoms with Crippen molar-refractivity contribution in [3.63, 3.8) is 0 Å². The Morgan fingerprint density at radius 3 is 1.73 bits per heavy atom. The van der Waals surface area contributed by atoms with Gasteiger partial charge in [0.15, 0.2) is 0 Å². The van der Waals surface area contributed by atoms with E-state index in [4.69, 9.17) is 0 Å². The van der Waals surface area contributed by atoms with E-state index < -0.39 is 5.60 Å². The lowest BCUT2D eigenvalue weighted by Crippen LogP contribution is -2.44. The van der Waals surface area contributed by atoms with Gasteiger partial charge in [0.2, 0.25) is 0 Å². The second-order valence-corrected chi connectivity index (χ2v) is 5.92. The van der Waals surface area contributed by atoms with Crippen molar-refractivity contribution in [3.05, 3.63) is 0 Å². The lowest BCUT2D eigenvalue weighted by Gasteiger charge is -2.42. The van der Waals surface area contributed by atoms with E-state index in [1.807, 2.05) is 0 Å². The van der Waals surface area contributed by atoms with Crippen LogP contribution >= 0.6 is 0 Å². The van der Waals surface area contributed by atoms with E-state index in [0.29, 0.717) is 5.92 Å². The average molecular weight is 214 g/mol. The summed E-state index contributed by atoms with van der Waals surface area (Å²) in [5, 5.41) is 10.8.